The van der Waals surface area contributed by atoms with Gasteiger partial charge in [0.05, 0.1) is 11.5 Å². The van der Waals surface area contributed by atoms with Crippen LogP contribution in [0.3, 0.4) is 0 Å². The van der Waals surface area contributed by atoms with E-state index in [1.807, 2.05) is 26.0 Å². The Kier molecular flexibility index (Phi) is 12.9. The lowest BCUT2D eigenvalue weighted by Crippen LogP contribution is -2.20. The molecular weight excluding hydrogens is 428 g/mol. The number of hydrogen-bond donors (Lipinski definition) is 2. The Morgan fingerprint density at radius 1 is 0.931 bits per heavy atom. The molecule has 29 heavy (non-hydrogen) atoms. The first-order valence-electron chi connectivity index (χ1n) is 8.89. The Labute approximate surface area is 183 Å². The van der Waals surface area contributed by atoms with E-state index in [0.717, 1.165) is 37.1 Å². The number of hydrazone groups is 2. The van der Waals surface area contributed by atoms with Gasteiger partial charge in [0, 0.05) is 11.4 Å². The normalized spacial score (nSPS) is 11.8. The van der Waals surface area contributed by atoms with Crippen molar-refractivity contribution in [1.29, 1.82) is 0 Å². The molecule has 0 saturated heterocycles. The Morgan fingerprint density at radius 3 is 1.72 bits per heavy atom. The molecule has 1 aromatic heterocycles. The molecule has 0 aliphatic heterocycles. The van der Waals surface area contributed by atoms with Crippen LogP contribution < -0.4 is 10.9 Å². The van der Waals surface area contributed by atoms with Gasteiger partial charge in [-0.15, -0.1) is 23.4 Å². The van der Waals surface area contributed by atoms with Crippen molar-refractivity contribution in [2.24, 2.45) is 10.2 Å². The van der Waals surface area contributed by atoms with E-state index >= 15 is 0 Å². The lowest BCUT2D eigenvalue weighted by molar-refractivity contribution is -0.119. The van der Waals surface area contributed by atoms with Crippen molar-refractivity contribution in [2.75, 3.05) is 11.5 Å². The summed E-state index contributed by atoms with van der Waals surface area (Å²) in [7, 11) is 0. The molecule has 0 aliphatic carbocycles. The first-order chi connectivity index (χ1) is 13.9. The van der Waals surface area contributed by atoms with Gasteiger partial charge in [0.1, 0.15) is 0 Å². The first kappa shape index (κ1) is 25.1. The van der Waals surface area contributed by atoms with Crippen LogP contribution in [0.2, 0.25) is 0 Å². The summed E-state index contributed by atoms with van der Waals surface area (Å²) in [6.07, 6.45) is 6.80. The fourth-order valence-corrected chi connectivity index (χ4v) is 4.29. The average molecular weight is 455 g/mol. The number of aromatic nitrogens is 2. The molecule has 0 fully saturated rings. The minimum absolute atomic E-state index is 0.191. The lowest BCUT2D eigenvalue weighted by atomic mass is 10.2. The minimum Gasteiger partial charge on any atom is -0.272 e. The number of nitrogens with zero attached hydrogens (tertiary/aromatic N) is 4. The maximum Gasteiger partial charge on any atom is 0.250 e. The molecule has 0 unspecified atom stereocenters. The van der Waals surface area contributed by atoms with Crippen LogP contribution in [0.25, 0.3) is 0 Å². The fraction of sp³-hybridized carbons (Fsp3) is 0.444. The summed E-state index contributed by atoms with van der Waals surface area (Å²) in [4.78, 5) is 23.7. The molecule has 0 spiro atoms. The van der Waals surface area contributed by atoms with Crippen LogP contribution >= 0.6 is 34.9 Å². The number of amides is 2. The molecule has 0 aliphatic rings. The van der Waals surface area contributed by atoms with E-state index in [2.05, 4.69) is 44.4 Å². The molecule has 1 heterocycles. The number of carbonyl (C=O) groups excluding carboxylic acids is 2. The summed E-state index contributed by atoms with van der Waals surface area (Å²) in [6.45, 7) is 11.0. The smallest absolute Gasteiger partial charge is 0.250 e. The van der Waals surface area contributed by atoms with Crippen molar-refractivity contribution in [3.63, 3.8) is 0 Å². The van der Waals surface area contributed by atoms with Crippen molar-refractivity contribution in [3.8, 4) is 0 Å². The fourth-order valence-electron chi connectivity index (χ4n) is 1.68. The highest BCUT2D eigenvalue weighted by Gasteiger charge is 2.10. The van der Waals surface area contributed by atoms with Gasteiger partial charge in [0.15, 0.2) is 8.68 Å². The molecule has 0 saturated carbocycles. The second kappa shape index (κ2) is 14.9. The molecule has 2 amide bonds. The van der Waals surface area contributed by atoms with Crippen molar-refractivity contribution in [3.05, 3.63) is 25.3 Å². The van der Waals surface area contributed by atoms with Crippen molar-refractivity contribution >= 4 is 58.1 Å². The van der Waals surface area contributed by atoms with Gasteiger partial charge in [-0.1, -0.05) is 47.0 Å². The highest BCUT2D eigenvalue weighted by Crippen LogP contribution is 2.28. The Hall–Kier alpha value is -1.98. The molecule has 158 valence electrons. The molecule has 1 aromatic rings. The van der Waals surface area contributed by atoms with Gasteiger partial charge in [-0.2, -0.15) is 10.2 Å². The van der Waals surface area contributed by atoms with Crippen LogP contribution in [-0.4, -0.2) is 44.9 Å². The van der Waals surface area contributed by atoms with Crippen molar-refractivity contribution in [2.45, 2.75) is 48.2 Å². The predicted molar refractivity (Wildman–Crippen MR) is 123 cm³/mol. The van der Waals surface area contributed by atoms with Crippen molar-refractivity contribution in [1.82, 2.24) is 21.0 Å². The van der Waals surface area contributed by atoms with Crippen LogP contribution in [0, 0.1) is 0 Å². The van der Waals surface area contributed by atoms with Gasteiger partial charge in [-0.3, -0.25) is 9.59 Å². The zero-order valence-corrected chi connectivity index (χ0v) is 19.1. The maximum atomic E-state index is 11.8. The third kappa shape index (κ3) is 12.2. The second-order valence-corrected chi connectivity index (χ2v) is 9.25. The van der Waals surface area contributed by atoms with E-state index in [0.29, 0.717) is 8.68 Å². The topological polar surface area (TPSA) is 109 Å². The quantitative estimate of drug-likeness (QED) is 0.192. The highest BCUT2D eigenvalue weighted by molar-refractivity contribution is 8.03. The number of nitrogens with one attached hydrogen (secondary N) is 2. The third-order valence-electron chi connectivity index (χ3n) is 3.20. The average Bonchev–Trinajstić information content (AvgIpc) is 3.18. The molecule has 0 aromatic carbocycles. The van der Waals surface area contributed by atoms with Gasteiger partial charge >= 0.3 is 0 Å². The van der Waals surface area contributed by atoms with E-state index in [1.165, 1.54) is 34.9 Å². The van der Waals surface area contributed by atoms with Crippen LogP contribution in [-0.2, 0) is 9.59 Å². The summed E-state index contributed by atoms with van der Waals surface area (Å²) < 4.78 is 1.32. The zero-order chi connectivity index (χ0) is 21.5. The van der Waals surface area contributed by atoms with E-state index in [9.17, 15) is 9.59 Å². The standard InChI is InChI=1S/C18H26N6O2S3/c1-5-7-9-13(3)19-21-15(25)11-27-17-23-24-18(29-17)28-12-16(26)22-20-14(4)10-8-6-2/h5-6H,1-2,7-12H2,3-4H3,(H,21,25)(H,22,26). The summed E-state index contributed by atoms with van der Waals surface area (Å²) in [6, 6.07) is 0. The minimum atomic E-state index is -0.207. The number of carbonyl (C=O) groups is 2. The summed E-state index contributed by atoms with van der Waals surface area (Å²) in [5.41, 5.74) is 6.72. The summed E-state index contributed by atoms with van der Waals surface area (Å²) >= 11 is 3.89. The SMILES string of the molecule is C=CCCC(C)=NNC(=O)CSc1nnc(SCC(=O)NN=C(C)CCC=C)s1. The van der Waals surface area contributed by atoms with Gasteiger partial charge in [0.25, 0.3) is 11.8 Å². The van der Waals surface area contributed by atoms with E-state index in [1.54, 1.807) is 0 Å². The Bertz CT molecular complexity index is 700. The van der Waals surface area contributed by atoms with E-state index < -0.39 is 0 Å². The van der Waals surface area contributed by atoms with Gasteiger partial charge in [-0.25, -0.2) is 10.9 Å². The Morgan fingerprint density at radius 2 is 1.34 bits per heavy atom. The summed E-state index contributed by atoms with van der Waals surface area (Å²) in [5.74, 6) is -0.0316. The number of thioether (sulfide) groups is 2. The monoisotopic (exact) mass is 454 g/mol. The van der Waals surface area contributed by atoms with Gasteiger partial charge < -0.3 is 0 Å². The van der Waals surface area contributed by atoms with Crippen LogP contribution in [0.15, 0.2) is 44.2 Å². The van der Waals surface area contributed by atoms with E-state index in [-0.39, 0.29) is 23.3 Å². The van der Waals surface area contributed by atoms with Gasteiger partial charge in [-0.05, 0) is 39.5 Å². The number of rotatable bonds is 14. The number of hydrogen-bond acceptors (Lipinski definition) is 9. The molecule has 0 bridgehead atoms. The molecule has 0 radical (unpaired) electrons. The lowest BCUT2D eigenvalue weighted by Gasteiger charge is -2.00. The number of allylic oxidation sites excluding steroid dienone is 2. The molecule has 11 heteroatoms. The van der Waals surface area contributed by atoms with Crippen LogP contribution in [0.4, 0.5) is 0 Å². The molecule has 2 N–H and O–H groups in total. The summed E-state index contributed by atoms with van der Waals surface area (Å²) in [5, 5.41) is 16.1. The molecule has 8 nitrogen and oxygen atoms in total. The van der Waals surface area contributed by atoms with Gasteiger partial charge in [0.2, 0.25) is 0 Å². The maximum absolute atomic E-state index is 11.8. The Balaban J connectivity index is 2.32. The van der Waals surface area contributed by atoms with Crippen LogP contribution in [0.1, 0.15) is 39.5 Å². The predicted octanol–water partition coefficient (Wildman–Crippen LogP) is 3.64. The second-order valence-electron chi connectivity index (χ2n) is 5.83. The molecule has 0 atom stereocenters. The highest BCUT2D eigenvalue weighted by atomic mass is 32.2. The largest absolute Gasteiger partial charge is 0.272 e. The molecule has 1 rings (SSSR count). The van der Waals surface area contributed by atoms with Crippen LogP contribution in [0.5, 0.6) is 0 Å². The third-order valence-corrected chi connectivity index (χ3v) is 6.39. The van der Waals surface area contributed by atoms with E-state index in [4.69, 9.17) is 0 Å². The molecular formula is C18H26N6O2S3. The first-order valence-corrected chi connectivity index (χ1v) is 11.7. The van der Waals surface area contributed by atoms with Crippen molar-refractivity contribution < 1.29 is 9.59 Å². The zero-order valence-electron chi connectivity index (χ0n) is 16.6.